The van der Waals surface area contributed by atoms with E-state index >= 15 is 0 Å². The second-order valence-corrected chi connectivity index (χ2v) is 3.69. The van der Waals surface area contributed by atoms with Gasteiger partial charge in [0, 0.05) is 5.69 Å². The minimum Gasteiger partial charge on any atom is -0.479 e. The smallest absolute Gasteiger partial charge is 0.330 e. The van der Waals surface area contributed by atoms with Gasteiger partial charge in [0.15, 0.2) is 6.04 Å². The lowest BCUT2D eigenvalue weighted by molar-refractivity contribution is -0.138. The summed E-state index contributed by atoms with van der Waals surface area (Å²) in [5.74, 6) is -0.889. The zero-order valence-corrected chi connectivity index (χ0v) is 9.21. The number of carbonyl (C=O) groups is 1. The molecule has 0 saturated heterocycles. The van der Waals surface area contributed by atoms with Crippen LogP contribution in [-0.2, 0) is 4.79 Å². The van der Waals surface area contributed by atoms with Gasteiger partial charge in [0.05, 0.1) is 0 Å². The van der Waals surface area contributed by atoms with Gasteiger partial charge in [-0.1, -0.05) is 48.5 Å². The molecular formula is C14H13NO2. The maximum absolute atomic E-state index is 11.2. The van der Waals surface area contributed by atoms with Crippen LogP contribution in [0.2, 0.25) is 0 Å². The Bertz CT molecular complexity index is 482. The quantitative estimate of drug-likeness (QED) is 0.844. The largest absolute Gasteiger partial charge is 0.479 e. The summed E-state index contributed by atoms with van der Waals surface area (Å²) in [5, 5.41) is 12.2. The third-order valence-corrected chi connectivity index (χ3v) is 2.46. The standard InChI is InChI=1S/C14H13NO2/c16-14(17)13(11-7-3-1-4-8-11)15-12-9-5-2-6-10-12/h1-10,13,15H,(H,16,17)/t13-/m0/s1. The highest BCUT2D eigenvalue weighted by Gasteiger charge is 2.18. The molecule has 2 rings (SSSR count). The van der Waals surface area contributed by atoms with Gasteiger partial charge in [-0.25, -0.2) is 4.79 Å². The molecule has 0 aromatic heterocycles. The summed E-state index contributed by atoms with van der Waals surface area (Å²) in [5.41, 5.74) is 1.53. The van der Waals surface area contributed by atoms with Crippen LogP contribution in [-0.4, -0.2) is 11.1 Å². The highest BCUT2D eigenvalue weighted by Crippen LogP contribution is 2.19. The van der Waals surface area contributed by atoms with Crippen molar-refractivity contribution in [2.75, 3.05) is 5.32 Å². The van der Waals surface area contributed by atoms with E-state index in [1.54, 1.807) is 12.1 Å². The number of hydrogen-bond donors (Lipinski definition) is 2. The van der Waals surface area contributed by atoms with Crippen molar-refractivity contribution in [3.05, 3.63) is 66.2 Å². The van der Waals surface area contributed by atoms with Gasteiger partial charge in [-0.3, -0.25) is 0 Å². The van der Waals surface area contributed by atoms with E-state index in [2.05, 4.69) is 5.32 Å². The summed E-state index contributed by atoms with van der Waals surface area (Å²) >= 11 is 0. The molecule has 2 N–H and O–H groups in total. The summed E-state index contributed by atoms with van der Waals surface area (Å²) < 4.78 is 0. The van der Waals surface area contributed by atoms with Crippen LogP contribution in [0, 0.1) is 0 Å². The molecule has 0 amide bonds. The molecular weight excluding hydrogens is 214 g/mol. The van der Waals surface area contributed by atoms with Crippen LogP contribution in [0.3, 0.4) is 0 Å². The Kier molecular flexibility index (Phi) is 3.40. The third-order valence-electron chi connectivity index (χ3n) is 2.46. The molecule has 0 fully saturated rings. The first kappa shape index (κ1) is 11.2. The van der Waals surface area contributed by atoms with Crippen LogP contribution in [0.15, 0.2) is 60.7 Å². The zero-order chi connectivity index (χ0) is 12.1. The van der Waals surface area contributed by atoms with Gasteiger partial charge < -0.3 is 10.4 Å². The zero-order valence-electron chi connectivity index (χ0n) is 9.21. The maximum atomic E-state index is 11.2. The monoisotopic (exact) mass is 227 g/mol. The van der Waals surface area contributed by atoms with Crippen molar-refractivity contribution in [3.63, 3.8) is 0 Å². The number of aliphatic carboxylic acids is 1. The number of hydrogen-bond acceptors (Lipinski definition) is 2. The Morgan fingerprint density at radius 2 is 1.47 bits per heavy atom. The average molecular weight is 227 g/mol. The lowest BCUT2D eigenvalue weighted by Gasteiger charge is -2.15. The Morgan fingerprint density at radius 1 is 0.941 bits per heavy atom. The summed E-state index contributed by atoms with van der Waals surface area (Å²) in [6.45, 7) is 0. The first-order valence-electron chi connectivity index (χ1n) is 5.37. The summed E-state index contributed by atoms with van der Waals surface area (Å²) in [6.07, 6.45) is 0. The number of carboxylic acid groups (broad SMARTS) is 1. The van der Waals surface area contributed by atoms with E-state index in [4.69, 9.17) is 0 Å². The van der Waals surface area contributed by atoms with Crippen molar-refractivity contribution in [2.24, 2.45) is 0 Å². The van der Waals surface area contributed by atoms with E-state index < -0.39 is 12.0 Å². The van der Waals surface area contributed by atoms with E-state index in [0.29, 0.717) is 0 Å². The number of benzene rings is 2. The molecule has 17 heavy (non-hydrogen) atoms. The summed E-state index contributed by atoms with van der Waals surface area (Å²) in [4.78, 5) is 11.2. The summed E-state index contributed by atoms with van der Waals surface area (Å²) in [7, 11) is 0. The van der Waals surface area contributed by atoms with Crippen LogP contribution in [0.5, 0.6) is 0 Å². The normalized spacial score (nSPS) is 11.8. The Hall–Kier alpha value is -2.29. The topological polar surface area (TPSA) is 49.3 Å². The van der Waals surface area contributed by atoms with Crippen molar-refractivity contribution in [1.82, 2.24) is 0 Å². The predicted molar refractivity (Wildman–Crippen MR) is 66.9 cm³/mol. The van der Waals surface area contributed by atoms with Crippen molar-refractivity contribution in [2.45, 2.75) is 6.04 Å². The highest BCUT2D eigenvalue weighted by atomic mass is 16.4. The van der Waals surface area contributed by atoms with Crippen LogP contribution in [0.25, 0.3) is 0 Å². The molecule has 3 nitrogen and oxygen atoms in total. The maximum Gasteiger partial charge on any atom is 0.330 e. The highest BCUT2D eigenvalue weighted by molar-refractivity contribution is 5.79. The molecule has 3 heteroatoms. The minimum absolute atomic E-state index is 0.724. The van der Waals surface area contributed by atoms with Gasteiger partial charge in [-0.15, -0.1) is 0 Å². The van der Waals surface area contributed by atoms with E-state index in [-0.39, 0.29) is 0 Å². The molecule has 2 aromatic carbocycles. The third kappa shape index (κ3) is 2.84. The van der Waals surface area contributed by atoms with Crippen LogP contribution in [0.1, 0.15) is 11.6 Å². The van der Waals surface area contributed by atoms with E-state index in [1.807, 2.05) is 48.5 Å². The molecule has 0 aliphatic carbocycles. The molecule has 1 atom stereocenters. The van der Waals surface area contributed by atoms with E-state index in [1.165, 1.54) is 0 Å². The van der Waals surface area contributed by atoms with E-state index in [0.717, 1.165) is 11.3 Å². The SMILES string of the molecule is O=C(O)[C@@H](Nc1ccccc1)c1ccccc1. The minimum atomic E-state index is -0.889. The average Bonchev–Trinajstić information content (AvgIpc) is 2.38. The van der Waals surface area contributed by atoms with Crippen LogP contribution >= 0.6 is 0 Å². The van der Waals surface area contributed by atoms with Gasteiger partial charge in [0.2, 0.25) is 0 Å². The van der Waals surface area contributed by atoms with Crippen molar-refractivity contribution in [1.29, 1.82) is 0 Å². The molecule has 2 aromatic rings. The molecule has 86 valence electrons. The van der Waals surface area contributed by atoms with Gasteiger partial charge in [0.25, 0.3) is 0 Å². The Morgan fingerprint density at radius 3 is 2.00 bits per heavy atom. The number of anilines is 1. The first-order chi connectivity index (χ1) is 8.27. The number of carboxylic acids is 1. The van der Waals surface area contributed by atoms with Gasteiger partial charge >= 0.3 is 5.97 Å². The fraction of sp³-hybridized carbons (Fsp3) is 0.0714. The number of nitrogens with one attached hydrogen (secondary N) is 1. The van der Waals surface area contributed by atoms with Crippen LogP contribution < -0.4 is 5.32 Å². The van der Waals surface area contributed by atoms with Gasteiger partial charge in [-0.05, 0) is 17.7 Å². The van der Waals surface area contributed by atoms with Crippen molar-refractivity contribution >= 4 is 11.7 Å². The molecule has 0 bridgehead atoms. The first-order valence-corrected chi connectivity index (χ1v) is 5.37. The molecule has 0 spiro atoms. The lowest BCUT2D eigenvalue weighted by atomic mass is 10.1. The summed E-state index contributed by atoms with van der Waals surface area (Å²) in [6, 6.07) is 17.7. The molecule has 0 unspecified atom stereocenters. The lowest BCUT2D eigenvalue weighted by Crippen LogP contribution is -2.20. The molecule has 0 heterocycles. The van der Waals surface area contributed by atoms with Gasteiger partial charge in [-0.2, -0.15) is 0 Å². The molecule has 0 radical (unpaired) electrons. The van der Waals surface area contributed by atoms with Gasteiger partial charge in [0.1, 0.15) is 0 Å². The molecule has 0 aliphatic rings. The van der Waals surface area contributed by atoms with Crippen molar-refractivity contribution < 1.29 is 9.90 Å². The second kappa shape index (κ2) is 5.16. The fourth-order valence-corrected chi connectivity index (χ4v) is 1.63. The molecule has 0 aliphatic heterocycles. The number of para-hydroxylation sites is 1. The Labute approximate surface area is 99.7 Å². The Balaban J connectivity index is 2.23. The van der Waals surface area contributed by atoms with Crippen molar-refractivity contribution in [3.8, 4) is 0 Å². The molecule has 0 saturated carbocycles. The predicted octanol–water partition coefficient (Wildman–Crippen LogP) is 2.92. The fourth-order valence-electron chi connectivity index (χ4n) is 1.63. The van der Waals surface area contributed by atoms with E-state index in [9.17, 15) is 9.90 Å². The van der Waals surface area contributed by atoms with Crippen LogP contribution in [0.4, 0.5) is 5.69 Å². The number of rotatable bonds is 4. The second-order valence-electron chi connectivity index (χ2n) is 3.69.